The molecule has 1 saturated carbocycles. The van der Waals surface area contributed by atoms with Gasteiger partial charge in [0.1, 0.15) is 12.4 Å². The quantitative estimate of drug-likeness (QED) is 0.743. The first kappa shape index (κ1) is 17.9. The van der Waals surface area contributed by atoms with Gasteiger partial charge in [-0.1, -0.05) is 25.3 Å². The highest BCUT2D eigenvalue weighted by atomic mass is 32.1. The molecule has 25 heavy (non-hydrogen) atoms. The van der Waals surface area contributed by atoms with E-state index < -0.39 is 0 Å². The molecule has 0 aliphatic heterocycles. The van der Waals surface area contributed by atoms with Gasteiger partial charge in [-0.2, -0.15) is 0 Å². The van der Waals surface area contributed by atoms with Crippen LogP contribution in [-0.4, -0.2) is 28.4 Å². The maximum atomic E-state index is 13.0. The summed E-state index contributed by atoms with van der Waals surface area (Å²) in [5.74, 6) is 0.834. The summed E-state index contributed by atoms with van der Waals surface area (Å²) in [6, 6.07) is 7.91. The second kappa shape index (κ2) is 8.48. The van der Waals surface area contributed by atoms with Crippen LogP contribution in [0, 0.1) is 6.92 Å². The Bertz CT molecular complexity index is 707. The van der Waals surface area contributed by atoms with Gasteiger partial charge in [0.15, 0.2) is 0 Å². The van der Waals surface area contributed by atoms with Crippen molar-refractivity contribution >= 4 is 17.2 Å². The van der Waals surface area contributed by atoms with Crippen LogP contribution in [0.1, 0.15) is 60.1 Å². The summed E-state index contributed by atoms with van der Waals surface area (Å²) >= 11 is 1.62. The van der Waals surface area contributed by atoms with Crippen molar-refractivity contribution in [2.75, 3.05) is 6.54 Å². The zero-order valence-electron chi connectivity index (χ0n) is 15.0. The SMILES string of the molecule is CCN(C(=O)c1cccc(OCc2csc(C)n2)c1)C1CCCCC1. The summed E-state index contributed by atoms with van der Waals surface area (Å²) in [5, 5.41) is 3.04. The number of carbonyl (C=O) groups excluding carboxylic acids is 1. The van der Waals surface area contributed by atoms with Gasteiger partial charge in [0, 0.05) is 23.5 Å². The molecular formula is C20H26N2O2S. The van der Waals surface area contributed by atoms with E-state index in [1.165, 1.54) is 19.3 Å². The maximum absolute atomic E-state index is 13.0. The molecule has 1 heterocycles. The molecular weight excluding hydrogens is 332 g/mol. The van der Waals surface area contributed by atoms with Crippen LogP contribution in [0.2, 0.25) is 0 Å². The lowest BCUT2D eigenvalue weighted by Gasteiger charge is -2.33. The maximum Gasteiger partial charge on any atom is 0.254 e. The summed E-state index contributed by atoms with van der Waals surface area (Å²) < 4.78 is 5.83. The van der Waals surface area contributed by atoms with Crippen molar-refractivity contribution in [2.45, 2.75) is 58.6 Å². The number of amides is 1. The van der Waals surface area contributed by atoms with E-state index in [-0.39, 0.29) is 5.91 Å². The number of hydrogen-bond donors (Lipinski definition) is 0. The number of aromatic nitrogens is 1. The van der Waals surface area contributed by atoms with E-state index in [0.717, 1.165) is 35.8 Å². The molecule has 0 saturated heterocycles. The zero-order valence-corrected chi connectivity index (χ0v) is 15.8. The highest BCUT2D eigenvalue weighted by Crippen LogP contribution is 2.25. The van der Waals surface area contributed by atoms with Crippen LogP contribution in [0.25, 0.3) is 0 Å². The Morgan fingerprint density at radius 2 is 2.12 bits per heavy atom. The van der Waals surface area contributed by atoms with Gasteiger partial charge >= 0.3 is 0 Å². The van der Waals surface area contributed by atoms with E-state index in [2.05, 4.69) is 11.9 Å². The molecule has 0 spiro atoms. The molecule has 0 bridgehead atoms. The first-order chi connectivity index (χ1) is 12.2. The van der Waals surface area contributed by atoms with E-state index in [1.54, 1.807) is 11.3 Å². The van der Waals surface area contributed by atoms with Crippen LogP contribution in [0.4, 0.5) is 0 Å². The van der Waals surface area contributed by atoms with Crippen LogP contribution in [0.3, 0.4) is 0 Å². The summed E-state index contributed by atoms with van der Waals surface area (Å²) in [6.07, 6.45) is 5.99. The minimum absolute atomic E-state index is 0.115. The molecule has 5 heteroatoms. The number of hydrogen-bond acceptors (Lipinski definition) is 4. The fraction of sp³-hybridized carbons (Fsp3) is 0.500. The van der Waals surface area contributed by atoms with E-state index in [9.17, 15) is 4.79 Å². The fourth-order valence-electron chi connectivity index (χ4n) is 3.48. The third-order valence-corrected chi connectivity index (χ3v) is 5.57. The monoisotopic (exact) mass is 358 g/mol. The second-order valence-electron chi connectivity index (χ2n) is 6.56. The third-order valence-electron chi connectivity index (χ3n) is 4.75. The Balaban J connectivity index is 1.67. The molecule has 1 aromatic carbocycles. The average molecular weight is 359 g/mol. The summed E-state index contributed by atoms with van der Waals surface area (Å²) in [7, 11) is 0. The lowest BCUT2D eigenvalue weighted by Crippen LogP contribution is -2.41. The van der Waals surface area contributed by atoms with Crippen LogP contribution in [0.15, 0.2) is 29.6 Å². The summed E-state index contributed by atoms with van der Waals surface area (Å²) in [4.78, 5) is 19.4. The van der Waals surface area contributed by atoms with Gasteiger partial charge in [-0.25, -0.2) is 4.98 Å². The number of benzene rings is 1. The van der Waals surface area contributed by atoms with E-state index in [1.807, 2.05) is 41.5 Å². The molecule has 3 rings (SSSR count). The van der Waals surface area contributed by atoms with Gasteiger partial charge in [-0.05, 0) is 44.9 Å². The van der Waals surface area contributed by atoms with Gasteiger partial charge < -0.3 is 9.64 Å². The van der Waals surface area contributed by atoms with Crippen molar-refractivity contribution in [3.05, 3.63) is 45.9 Å². The Kier molecular flexibility index (Phi) is 6.08. The lowest BCUT2D eigenvalue weighted by molar-refractivity contribution is 0.0647. The average Bonchev–Trinajstić information content (AvgIpc) is 3.07. The second-order valence-corrected chi connectivity index (χ2v) is 7.62. The van der Waals surface area contributed by atoms with Crippen molar-refractivity contribution in [3.8, 4) is 5.75 Å². The molecule has 0 radical (unpaired) electrons. The highest BCUT2D eigenvalue weighted by molar-refractivity contribution is 7.09. The number of aryl methyl sites for hydroxylation is 1. The molecule has 1 aromatic heterocycles. The van der Waals surface area contributed by atoms with Crippen molar-refractivity contribution in [1.29, 1.82) is 0 Å². The van der Waals surface area contributed by atoms with Crippen LogP contribution < -0.4 is 4.74 Å². The Labute approximate surface area is 153 Å². The molecule has 0 N–H and O–H groups in total. The molecule has 0 atom stereocenters. The van der Waals surface area contributed by atoms with Crippen LogP contribution in [-0.2, 0) is 6.61 Å². The van der Waals surface area contributed by atoms with Crippen molar-refractivity contribution < 1.29 is 9.53 Å². The van der Waals surface area contributed by atoms with Gasteiger partial charge in [-0.3, -0.25) is 4.79 Å². The number of rotatable bonds is 6. The molecule has 1 amide bonds. The molecule has 4 nitrogen and oxygen atoms in total. The number of carbonyl (C=O) groups is 1. The van der Waals surface area contributed by atoms with Crippen molar-refractivity contribution in [3.63, 3.8) is 0 Å². The van der Waals surface area contributed by atoms with Crippen molar-refractivity contribution in [2.24, 2.45) is 0 Å². The first-order valence-corrected chi connectivity index (χ1v) is 10.00. The Hall–Kier alpha value is -1.88. The molecule has 1 aliphatic carbocycles. The lowest BCUT2D eigenvalue weighted by atomic mass is 9.93. The van der Waals surface area contributed by atoms with E-state index in [0.29, 0.717) is 18.2 Å². The van der Waals surface area contributed by atoms with Crippen LogP contribution in [0.5, 0.6) is 5.75 Å². The highest BCUT2D eigenvalue weighted by Gasteiger charge is 2.25. The zero-order chi connectivity index (χ0) is 17.6. The first-order valence-electron chi connectivity index (χ1n) is 9.12. The van der Waals surface area contributed by atoms with Gasteiger partial charge in [0.2, 0.25) is 0 Å². The molecule has 134 valence electrons. The van der Waals surface area contributed by atoms with E-state index >= 15 is 0 Å². The molecule has 2 aromatic rings. The van der Waals surface area contributed by atoms with Gasteiger partial charge in [0.25, 0.3) is 5.91 Å². The minimum Gasteiger partial charge on any atom is -0.487 e. The summed E-state index contributed by atoms with van der Waals surface area (Å²) in [5.41, 5.74) is 1.64. The molecule has 0 unspecified atom stereocenters. The Morgan fingerprint density at radius 1 is 1.32 bits per heavy atom. The number of ether oxygens (including phenoxy) is 1. The minimum atomic E-state index is 0.115. The predicted molar refractivity (Wildman–Crippen MR) is 101 cm³/mol. The number of nitrogens with zero attached hydrogens (tertiary/aromatic N) is 2. The largest absolute Gasteiger partial charge is 0.487 e. The van der Waals surface area contributed by atoms with E-state index in [4.69, 9.17) is 4.74 Å². The topological polar surface area (TPSA) is 42.4 Å². The smallest absolute Gasteiger partial charge is 0.254 e. The van der Waals surface area contributed by atoms with Crippen LogP contribution >= 0.6 is 11.3 Å². The van der Waals surface area contributed by atoms with Crippen molar-refractivity contribution in [1.82, 2.24) is 9.88 Å². The van der Waals surface area contributed by atoms with Gasteiger partial charge in [-0.15, -0.1) is 11.3 Å². The predicted octanol–water partition coefficient (Wildman–Crippen LogP) is 4.83. The summed E-state index contributed by atoms with van der Waals surface area (Å²) in [6.45, 7) is 5.24. The molecule has 1 aliphatic rings. The molecule has 1 fully saturated rings. The van der Waals surface area contributed by atoms with Gasteiger partial charge in [0.05, 0.1) is 10.7 Å². The number of thiazole rings is 1. The Morgan fingerprint density at radius 3 is 2.80 bits per heavy atom. The third kappa shape index (κ3) is 4.60. The standard InChI is InChI=1S/C20H26N2O2S/c1-3-22(18-9-5-4-6-10-18)20(23)16-8-7-11-19(12-16)24-13-17-14-25-15(2)21-17/h7-8,11-12,14,18H,3-6,9-10,13H2,1-2H3. The fourth-order valence-corrected chi connectivity index (χ4v) is 4.07. The normalized spacial score (nSPS) is 15.1.